The Kier molecular flexibility index (Phi) is 5.26. The summed E-state index contributed by atoms with van der Waals surface area (Å²) in [7, 11) is 0. The lowest BCUT2D eigenvalue weighted by Crippen LogP contribution is -2.10. The van der Waals surface area contributed by atoms with Gasteiger partial charge in [0.2, 0.25) is 0 Å². The van der Waals surface area contributed by atoms with Crippen LogP contribution in [-0.4, -0.2) is 22.8 Å². The van der Waals surface area contributed by atoms with Crippen molar-refractivity contribution in [3.8, 4) is 0 Å². The molecule has 2 rings (SSSR count). The molecule has 1 aromatic carbocycles. The van der Waals surface area contributed by atoms with Crippen molar-refractivity contribution < 1.29 is 19.2 Å². The minimum Gasteiger partial charge on any atom is -0.458 e. The zero-order chi connectivity index (χ0) is 17.0. The van der Waals surface area contributed by atoms with E-state index in [1.165, 1.54) is 19.1 Å². The molecule has 122 valence electrons. The first kappa shape index (κ1) is 16.9. The number of nitrogens with zero attached hydrogens (tertiary/aromatic N) is 1. The number of Topliss-reactive ketones (excluding diaryl/α,β-unsaturated/α-hetero) is 1. The number of cyclic esters (lactones) is 1. The number of benzene rings is 1. The van der Waals surface area contributed by atoms with Crippen LogP contribution < -0.4 is 0 Å². The molecule has 1 aliphatic heterocycles. The highest BCUT2D eigenvalue weighted by atomic mass is 16.6. The number of non-ortho nitro benzene ring substituents is 1. The van der Waals surface area contributed by atoms with Crippen molar-refractivity contribution in [2.24, 2.45) is 5.92 Å². The Labute approximate surface area is 134 Å². The van der Waals surface area contributed by atoms with Crippen LogP contribution in [0, 0.1) is 16.0 Å². The van der Waals surface area contributed by atoms with Gasteiger partial charge in [0, 0.05) is 25.0 Å². The van der Waals surface area contributed by atoms with Gasteiger partial charge in [0.15, 0.2) is 0 Å². The lowest BCUT2D eigenvalue weighted by Gasteiger charge is -2.11. The van der Waals surface area contributed by atoms with Gasteiger partial charge in [-0.25, -0.2) is 0 Å². The molecule has 1 aromatic rings. The lowest BCUT2D eigenvalue weighted by atomic mass is 9.93. The molecular weight excluding hydrogens is 298 g/mol. The smallest absolute Gasteiger partial charge is 0.310 e. The van der Waals surface area contributed by atoms with E-state index in [-0.39, 0.29) is 29.5 Å². The van der Waals surface area contributed by atoms with E-state index in [4.69, 9.17) is 4.74 Å². The van der Waals surface area contributed by atoms with E-state index in [1.54, 1.807) is 12.1 Å². The van der Waals surface area contributed by atoms with Gasteiger partial charge in [-0.3, -0.25) is 14.9 Å². The number of carbonyl (C=O) groups excluding carboxylic acids is 2. The van der Waals surface area contributed by atoms with Crippen LogP contribution in [0.5, 0.6) is 0 Å². The minimum atomic E-state index is -0.456. The van der Waals surface area contributed by atoms with Crippen LogP contribution in [0.3, 0.4) is 0 Å². The third-order valence-corrected chi connectivity index (χ3v) is 3.97. The van der Waals surface area contributed by atoms with Crippen molar-refractivity contribution in [2.45, 2.75) is 38.7 Å². The van der Waals surface area contributed by atoms with Gasteiger partial charge < -0.3 is 9.53 Å². The third kappa shape index (κ3) is 4.48. The number of hydrogen-bond acceptors (Lipinski definition) is 5. The highest BCUT2D eigenvalue weighted by Gasteiger charge is 2.35. The van der Waals surface area contributed by atoms with E-state index in [9.17, 15) is 19.7 Å². The topological polar surface area (TPSA) is 86.5 Å². The fourth-order valence-electron chi connectivity index (χ4n) is 2.59. The number of ketones is 1. The highest BCUT2D eigenvalue weighted by molar-refractivity contribution is 5.76. The van der Waals surface area contributed by atoms with E-state index in [2.05, 4.69) is 6.58 Å². The summed E-state index contributed by atoms with van der Waals surface area (Å²) in [5.74, 6) is -0.481. The summed E-state index contributed by atoms with van der Waals surface area (Å²) >= 11 is 0. The van der Waals surface area contributed by atoms with Crippen molar-refractivity contribution in [1.29, 1.82) is 0 Å². The molecule has 0 N–H and O–H groups in total. The van der Waals surface area contributed by atoms with Crippen molar-refractivity contribution >= 4 is 17.4 Å². The lowest BCUT2D eigenvalue weighted by molar-refractivity contribution is -0.384. The number of nitro groups is 1. The Bertz CT molecular complexity index is 635. The molecule has 2 unspecified atom stereocenters. The maximum Gasteiger partial charge on any atom is 0.310 e. The van der Waals surface area contributed by atoms with E-state index in [1.807, 2.05) is 0 Å². The van der Waals surface area contributed by atoms with Crippen molar-refractivity contribution in [1.82, 2.24) is 0 Å². The van der Waals surface area contributed by atoms with Gasteiger partial charge in [-0.1, -0.05) is 18.7 Å². The molecule has 0 bridgehead atoms. The van der Waals surface area contributed by atoms with Crippen LogP contribution in [0.4, 0.5) is 5.69 Å². The van der Waals surface area contributed by atoms with Gasteiger partial charge in [-0.05, 0) is 30.9 Å². The van der Waals surface area contributed by atoms with E-state index >= 15 is 0 Å². The Hall–Kier alpha value is -2.50. The SMILES string of the molecule is C=C(CCC(C)=O)C1CC(Cc2ccc([N+](=O)[O-])cc2)C(=O)O1. The van der Waals surface area contributed by atoms with Crippen LogP contribution in [0.25, 0.3) is 0 Å². The summed E-state index contributed by atoms with van der Waals surface area (Å²) in [6.07, 6.45) is 1.60. The summed E-state index contributed by atoms with van der Waals surface area (Å²) in [5, 5.41) is 10.6. The van der Waals surface area contributed by atoms with Crippen LogP contribution in [0.15, 0.2) is 36.4 Å². The monoisotopic (exact) mass is 317 g/mol. The van der Waals surface area contributed by atoms with Crippen molar-refractivity contribution in [2.75, 3.05) is 0 Å². The molecule has 1 heterocycles. The normalized spacial score (nSPS) is 20.1. The first-order valence-corrected chi connectivity index (χ1v) is 7.47. The molecule has 0 aromatic heterocycles. The Morgan fingerprint density at radius 3 is 2.57 bits per heavy atom. The molecule has 0 saturated carbocycles. The maximum atomic E-state index is 12.0. The van der Waals surface area contributed by atoms with Crippen LogP contribution in [-0.2, 0) is 20.7 Å². The number of rotatable bonds is 7. The molecular formula is C17H19NO5. The highest BCUT2D eigenvalue weighted by Crippen LogP contribution is 2.30. The fourth-order valence-corrected chi connectivity index (χ4v) is 2.59. The predicted molar refractivity (Wildman–Crippen MR) is 83.8 cm³/mol. The van der Waals surface area contributed by atoms with Crippen LogP contribution >= 0.6 is 0 Å². The molecule has 0 radical (unpaired) electrons. The molecule has 6 nitrogen and oxygen atoms in total. The summed E-state index contributed by atoms with van der Waals surface area (Å²) in [6, 6.07) is 6.17. The van der Waals surface area contributed by atoms with Gasteiger partial charge >= 0.3 is 5.97 Å². The zero-order valence-electron chi connectivity index (χ0n) is 13.0. The summed E-state index contributed by atoms with van der Waals surface area (Å²) < 4.78 is 5.34. The summed E-state index contributed by atoms with van der Waals surface area (Å²) in [4.78, 5) is 33.2. The Morgan fingerprint density at radius 1 is 1.35 bits per heavy atom. The van der Waals surface area contributed by atoms with E-state index < -0.39 is 4.92 Å². The number of ether oxygens (including phenoxy) is 1. The molecule has 1 saturated heterocycles. The average Bonchev–Trinajstić information content (AvgIpc) is 2.86. The van der Waals surface area contributed by atoms with Gasteiger partial charge in [0.05, 0.1) is 10.8 Å². The molecule has 0 aliphatic carbocycles. The fraction of sp³-hybridized carbons (Fsp3) is 0.412. The summed E-state index contributed by atoms with van der Waals surface area (Å²) in [6.45, 7) is 5.43. The van der Waals surface area contributed by atoms with Crippen LogP contribution in [0.2, 0.25) is 0 Å². The minimum absolute atomic E-state index is 0.0261. The third-order valence-electron chi connectivity index (χ3n) is 3.97. The summed E-state index contributed by atoms with van der Waals surface area (Å²) in [5.41, 5.74) is 1.64. The second-order valence-electron chi connectivity index (χ2n) is 5.85. The zero-order valence-corrected chi connectivity index (χ0v) is 13.0. The average molecular weight is 317 g/mol. The quantitative estimate of drug-likeness (QED) is 0.334. The first-order chi connectivity index (χ1) is 10.9. The van der Waals surface area contributed by atoms with Gasteiger partial charge in [0.25, 0.3) is 5.69 Å². The number of nitro benzene ring substituents is 1. The van der Waals surface area contributed by atoms with Gasteiger partial charge in [0.1, 0.15) is 11.9 Å². The Balaban J connectivity index is 1.93. The van der Waals surface area contributed by atoms with Crippen molar-refractivity contribution in [3.05, 3.63) is 52.1 Å². The Morgan fingerprint density at radius 2 is 2.00 bits per heavy atom. The first-order valence-electron chi connectivity index (χ1n) is 7.47. The second-order valence-corrected chi connectivity index (χ2v) is 5.85. The number of hydrogen-bond donors (Lipinski definition) is 0. The van der Waals surface area contributed by atoms with E-state index in [0.717, 1.165) is 11.1 Å². The molecule has 23 heavy (non-hydrogen) atoms. The number of carbonyl (C=O) groups is 2. The molecule has 1 fully saturated rings. The predicted octanol–water partition coefficient (Wildman–Crippen LogP) is 2.99. The molecule has 2 atom stereocenters. The van der Waals surface area contributed by atoms with E-state index in [0.29, 0.717) is 25.7 Å². The molecule has 0 amide bonds. The van der Waals surface area contributed by atoms with Crippen LogP contribution in [0.1, 0.15) is 31.7 Å². The molecule has 0 spiro atoms. The standard InChI is InChI=1S/C17H19NO5/c1-11(3-4-12(2)19)16-10-14(17(20)23-16)9-13-5-7-15(8-6-13)18(21)22/h5-8,14,16H,1,3-4,9-10H2,2H3. The van der Waals surface area contributed by atoms with Gasteiger partial charge in [-0.15, -0.1) is 0 Å². The van der Waals surface area contributed by atoms with Crippen molar-refractivity contribution in [3.63, 3.8) is 0 Å². The molecule has 1 aliphatic rings. The molecule has 6 heteroatoms. The van der Waals surface area contributed by atoms with Gasteiger partial charge in [-0.2, -0.15) is 0 Å². The number of esters is 1. The maximum absolute atomic E-state index is 12.0. The largest absolute Gasteiger partial charge is 0.458 e. The second kappa shape index (κ2) is 7.17.